The summed E-state index contributed by atoms with van der Waals surface area (Å²) in [5, 5.41) is 11.7. The highest BCUT2D eigenvalue weighted by Gasteiger charge is 2.30. The average Bonchev–Trinajstić information content (AvgIpc) is 3.69. The summed E-state index contributed by atoms with van der Waals surface area (Å²) in [6.45, 7) is 2.07. The molecule has 48 heavy (non-hydrogen) atoms. The predicted molar refractivity (Wildman–Crippen MR) is 169 cm³/mol. The Morgan fingerprint density at radius 1 is 1.10 bits per heavy atom. The molecule has 1 aromatic carbocycles. The second-order valence-electron chi connectivity index (χ2n) is 12.1. The molecule has 0 unspecified atom stereocenters. The zero-order chi connectivity index (χ0) is 34.2. The van der Waals surface area contributed by atoms with Gasteiger partial charge in [0.15, 0.2) is 17.3 Å². The number of amides is 3. The molecule has 0 radical (unpaired) electrons. The van der Waals surface area contributed by atoms with E-state index in [4.69, 9.17) is 9.26 Å². The van der Waals surface area contributed by atoms with Gasteiger partial charge in [0, 0.05) is 43.3 Å². The number of carbonyl (C=O) groups is 4. The van der Waals surface area contributed by atoms with Gasteiger partial charge in [-0.25, -0.2) is 13.6 Å². The van der Waals surface area contributed by atoms with Crippen LogP contribution >= 0.6 is 0 Å². The monoisotopic (exact) mass is 665 g/mol. The fourth-order valence-electron chi connectivity index (χ4n) is 5.94. The van der Waals surface area contributed by atoms with Crippen LogP contribution in [0.1, 0.15) is 72.8 Å². The molecule has 0 spiro atoms. The Bertz CT molecular complexity index is 1750. The van der Waals surface area contributed by atoms with Gasteiger partial charge in [0.1, 0.15) is 23.6 Å². The summed E-state index contributed by atoms with van der Waals surface area (Å²) in [5.74, 6) is -4.45. The van der Waals surface area contributed by atoms with Crippen molar-refractivity contribution in [2.45, 2.75) is 76.5 Å². The SMILES string of the molecule is Cc1cc(C(=O)Nc2cccn([C@@H](Cc3ccc(F)c(F)c3)C(=O)N[C@H](/C=C/C(=O)OC3CCCCC3)C[C@@H]3CCNC3=O)c2=O)no1. The van der Waals surface area contributed by atoms with Gasteiger partial charge in [-0.1, -0.05) is 23.7 Å². The summed E-state index contributed by atoms with van der Waals surface area (Å²) >= 11 is 0. The molecule has 3 N–H and O–H groups in total. The molecule has 12 nitrogen and oxygen atoms in total. The van der Waals surface area contributed by atoms with Crippen molar-refractivity contribution in [2.24, 2.45) is 5.92 Å². The summed E-state index contributed by atoms with van der Waals surface area (Å²) in [6.07, 6.45) is 8.87. The molecule has 254 valence electrons. The summed E-state index contributed by atoms with van der Waals surface area (Å²) in [4.78, 5) is 65.5. The lowest BCUT2D eigenvalue weighted by atomic mass is 9.97. The molecular weight excluding hydrogens is 628 g/mol. The molecule has 1 saturated heterocycles. The molecule has 3 atom stereocenters. The van der Waals surface area contributed by atoms with Crippen LogP contribution < -0.4 is 21.5 Å². The topological polar surface area (TPSA) is 162 Å². The molecule has 1 aliphatic heterocycles. The molecule has 1 aliphatic carbocycles. The third-order valence-corrected chi connectivity index (χ3v) is 8.46. The standard InChI is InChI=1S/C34H37F2N5O7/c1-20-16-28(40-48-20)32(44)39-27-8-5-15-41(34(27)46)29(18-21-9-11-25(35)26(36)17-21)33(45)38-23(19-22-13-14-37-31(22)43)10-12-30(42)47-24-6-3-2-4-7-24/h5,8-12,15-17,22-24,29H,2-4,6-7,13-14,18-19H2,1H3,(H,37,43)(H,38,45)(H,39,44)/b12-10+/t22-,23+,29-/m0/s1. The lowest BCUT2D eigenvalue weighted by Gasteiger charge is -2.24. The summed E-state index contributed by atoms with van der Waals surface area (Å²) < 4.78 is 39.5. The number of hydrogen-bond donors (Lipinski definition) is 3. The van der Waals surface area contributed by atoms with Crippen molar-refractivity contribution in [3.05, 3.63) is 93.8 Å². The average molecular weight is 666 g/mol. The van der Waals surface area contributed by atoms with Gasteiger partial charge >= 0.3 is 5.97 Å². The van der Waals surface area contributed by atoms with Crippen LogP contribution in [-0.2, 0) is 25.5 Å². The van der Waals surface area contributed by atoms with Crippen LogP contribution in [-0.4, -0.2) is 52.1 Å². The molecule has 5 rings (SSSR count). The Balaban J connectivity index is 1.42. The first kappa shape index (κ1) is 34.2. The number of pyridine rings is 1. The number of benzene rings is 1. The Morgan fingerprint density at radius 3 is 2.58 bits per heavy atom. The Hall–Kier alpha value is -5.14. The van der Waals surface area contributed by atoms with Gasteiger partial charge < -0.3 is 29.8 Å². The first-order valence-corrected chi connectivity index (χ1v) is 15.9. The summed E-state index contributed by atoms with van der Waals surface area (Å²) in [6, 6.07) is 5.17. The molecular formula is C34H37F2N5O7. The second kappa shape index (κ2) is 15.6. The minimum absolute atomic E-state index is 0.0639. The Morgan fingerprint density at radius 2 is 1.90 bits per heavy atom. The van der Waals surface area contributed by atoms with E-state index < -0.39 is 53.0 Å². The van der Waals surface area contributed by atoms with Crippen molar-refractivity contribution in [2.75, 3.05) is 11.9 Å². The van der Waals surface area contributed by atoms with Crippen LogP contribution in [0.4, 0.5) is 14.5 Å². The number of aryl methyl sites for hydroxylation is 1. The van der Waals surface area contributed by atoms with Crippen LogP contribution in [0.15, 0.2) is 64.1 Å². The largest absolute Gasteiger partial charge is 0.459 e. The molecule has 14 heteroatoms. The fraction of sp³-hybridized carbons (Fsp3) is 0.412. The molecule has 2 aliphatic rings. The normalized spacial score (nSPS) is 17.9. The maximum Gasteiger partial charge on any atom is 0.330 e. The van der Waals surface area contributed by atoms with Gasteiger partial charge in [0.2, 0.25) is 11.8 Å². The van der Waals surface area contributed by atoms with E-state index in [-0.39, 0.29) is 41.8 Å². The van der Waals surface area contributed by atoms with Crippen LogP contribution in [0.2, 0.25) is 0 Å². The van der Waals surface area contributed by atoms with Crippen molar-refractivity contribution in [3.63, 3.8) is 0 Å². The van der Waals surface area contributed by atoms with Gasteiger partial charge in [-0.05, 0) is 75.3 Å². The van der Waals surface area contributed by atoms with E-state index in [0.29, 0.717) is 18.7 Å². The van der Waals surface area contributed by atoms with E-state index in [9.17, 15) is 32.8 Å². The molecule has 3 amide bonds. The third kappa shape index (κ3) is 8.81. The number of rotatable bonds is 12. The highest BCUT2D eigenvalue weighted by Crippen LogP contribution is 2.22. The number of hydrogen-bond acceptors (Lipinski definition) is 8. The number of halogens is 2. The number of ether oxygens (including phenoxy) is 1. The van der Waals surface area contributed by atoms with E-state index in [1.807, 2.05) is 0 Å². The number of esters is 1. The zero-order valence-electron chi connectivity index (χ0n) is 26.4. The van der Waals surface area contributed by atoms with Crippen molar-refractivity contribution in [1.29, 1.82) is 0 Å². The molecule has 1 saturated carbocycles. The second-order valence-corrected chi connectivity index (χ2v) is 12.1. The van der Waals surface area contributed by atoms with Crippen molar-refractivity contribution in [3.8, 4) is 0 Å². The predicted octanol–water partition coefficient (Wildman–Crippen LogP) is 3.90. The van der Waals surface area contributed by atoms with E-state index >= 15 is 0 Å². The van der Waals surface area contributed by atoms with Gasteiger partial charge in [-0.3, -0.25) is 19.2 Å². The zero-order valence-corrected chi connectivity index (χ0v) is 26.4. The summed E-state index contributed by atoms with van der Waals surface area (Å²) in [5.41, 5.74) is -0.777. The van der Waals surface area contributed by atoms with Gasteiger partial charge in [0.25, 0.3) is 11.5 Å². The van der Waals surface area contributed by atoms with Crippen molar-refractivity contribution in [1.82, 2.24) is 20.4 Å². The highest BCUT2D eigenvalue weighted by atomic mass is 19.2. The van der Waals surface area contributed by atoms with Crippen LogP contribution in [0.25, 0.3) is 0 Å². The van der Waals surface area contributed by atoms with Crippen molar-refractivity contribution < 1.29 is 37.2 Å². The van der Waals surface area contributed by atoms with Crippen LogP contribution in [0.5, 0.6) is 0 Å². The van der Waals surface area contributed by atoms with E-state index in [2.05, 4.69) is 21.1 Å². The number of anilines is 1. The minimum atomic E-state index is -1.32. The number of nitrogens with zero attached hydrogens (tertiary/aromatic N) is 2. The maximum absolute atomic E-state index is 14.2. The number of carbonyl (C=O) groups excluding carboxylic acids is 4. The third-order valence-electron chi connectivity index (χ3n) is 8.46. The highest BCUT2D eigenvalue weighted by molar-refractivity contribution is 6.02. The lowest BCUT2D eigenvalue weighted by molar-refractivity contribution is -0.144. The van der Waals surface area contributed by atoms with Crippen LogP contribution in [0.3, 0.4) is 0 Å². The van der Waals surface area contributed by atoms with Gasteiger partial charge in [0.05, 0.1) is 0 Å². The Labute approximate surface area is 274 Å². The van der Waals surface area contributed by atoms with E-state index in [1.54, 1.807) is 6.92 Å². The molecule has 0 bridgehead atoms. The summed E-state index contributed by atoms with van der Waals surface area (Å²) in [7, 11) is 0. The molecule has 3 aromatic rings. The number of nitrogens with one attached hydrogen (secondary N) is 3. The molecule has 2 fully saturated rings. The molecule has 3 heterocycles. The molecule has 2 aromatic heterocycles. The van der Waals surface area contributed by atoms with Crippen LogP contribution in [0, 0.1) is 24.5 Å². The van der Waals surface area contributed by atoms with Crippen molar-refractivity contribution >= 4 is 29.4 Å². The Kier molecular flexibility index (Phi) is 11.1. The first-order chi connectivity index (χ1) is 23.1. The lowest BCUT2D eigenvalue weighted by Crippen LogP contribution is -2.43. The maximum atomic E-state index is 14.2. The number of aromatic nitrogens is 2. The quantitative estimate of drug-likeness (QED) is 0.194. The van der Waals surface area contributed by atoms with Gasteiger partial charge in [-0.15, -0.1) is 0 Å². The van der Waals surface area contributed by atoms with E-state index in [0.717, 1.165) is 48.8 Å². The smallest absolute Gasteiger partial charge is 0.330 e. The first-order valence-electron chi connectivity index (χ1n) is 15.9. The van der Waals surface area contributed by atoms with Gasteiger partial charge in [-0.2, -0.15) is 0 Å². The minimum Gasteiger partial charge on any atom is -0.459 e. The van der Waals surface area contributed by atoms with E-state index in [1.165, 1.54) is 42.6 Å². The fourth-order valence-corrected chi connectivity index (χ4v) is 5.94.